The first kappa shape index (κ1) is 22.2. The number of morpholine rings is 1. The summed E-state index contributed by atoms with van der Waals surface area (Å²) in [5.74, 6) is -0.590. The number of nitrogens with zero attached hydrogens (tertiary/aromatic N) is 2. The summed E-state index contributed by atoms with van der Waals surface area (Å²) < 4.78 is 44.2. The van der Waals surface area contributed by atoms with Crippen LogP contribution in [0.15, 0.2) is 48.5 Å². The van der Waals surface area contributed by atoms with Crippen molar-refractivity contribution in [3.05, 3.63) is 65.5 Å². The smallest absolute Gasteiger partial charge is 0.251 e. The molecule has 0 saturated carbocycles. The molecular weight excluding hydrogens is 409 g/mol. The van der Waals surface area contributed by atoms with E-state index in [-0.39, 0.29) is 18.3 Å². The minimum atomic E-state index is -3.56. The van der Waals surface area contributed by atoms with Gasteiger partial charge in [0.05, 0.1) is 31.7 Å². The van der Waals surface area contributed by atoms with Crippen LogP contribution >= 0.6 is 0 Å². The van der Waals surface area contributed by atoms with E-state index in [9.17, 15) is 17.6 Å². The Labute approximate surface area is 176 Å². The molecule has 1 N–H and O–H groups in total. The Morgan fingerprint density at radius 2 is 1.73 bits per heavy atom. The fourth-order valence-corrected chi connectivity index (χ4v) is 4.08. The Kier molecular flexibility index (Phi) is 7.41. The third kappa shape index (κ3) is 6.25. The molecule has 0 unspecified atom stereocenters. The largest absolute Gasteiger partial charge is 0.379 e. The lowest BCUT2D eigenvalue weighted by Crippen LogP contribution is -2.41. The highest BCUT2D eigenvalue weighted by Gasteiger charge is 2.18. The van der Waals surface area contributed by atoms with Crippen molar-refractivity contribution < 1.29 is 22.3 Å². The minimum absolute atomic E-state index is 0.0736. The number of nitrogens with one attached hydrogen (secondary N) is 1. The van der Waals surface area contributed by atoms with Crippen molar-refractivity contribution in [1.82, 2.24) is 10.2 Å². The van der Waals surface area contributed by atoms with E-state index in [4.69, 9.17) is 4.74 Å². The van der Waals surface area contributed by atoms with E-state index in [1.807, 2.05) is 0 Å². The summed E-state index contributed by atoms with van der Waals surface area (Å²) in [6, 6.07) is 12.1. The number of anilines is 1. The Morgan fingerprint density at radius 1 is 1.10 bits per heavy atom. The molecule has 0 aliphatic carbocycles. The number of amides is 1. The van der Waals surface area contributed by atoms with Crippen LogP contribution in [0, 0.1) is 5.82 Å². The van der Waals surface area contributed by atoms with Crippen LogP contribution in [-0.4, -0.2) is 64.9 Å². The molecule has 0 radical (unpaired) electrons. The normalized spacial score (nSPS) is 15.0. The first-order valence-corrected chi connectivity index (χ1v) is 11.6. The van der Waals surface area contributed by atoms with Crippen LogP contribution < -0.4 is 9.62 Å². The third-order valence-corrected chi connectivity index (χ3v) is 6.02. The molecular formula is C21H26FN3O4S. The second kappa shape index (κ2) is 10.0. The second-order valence-corrected chi connectivity index (χ2v) is 9.06. The Hall–Kier alpha value is -2.49. The van der Waals surface area contributed by atoms with E-state index in [2.05, 4.69) is 10.2 Å². The van der Waals surface area contributed by atoms with E-state index in [1.54, 1.807) is 36.4 Å². The van der Waals surface area contributed by atoms with E-state index >= 15 is 0 Å². The van der Waals surface area contributed by atoms with Gasteiger partial charge in [0.2, 0.25) is 10.0 Å². The van der Waals surface area contributed by atoms with Gasteiger partial charge in [0, 0.05) is 31.7 Å². The zero-order valence-electron chi connectivity index (χ0n) is 16.9. The molecule has 0 bridgehead atoms. The van der Waals surface area contributed by atoms with Crippen LogP contribution in [0.3, 0.4) is 0 Å². The zero-order chi connectivity index (χ0) is 21.6. The van der Waals surface area contributed by atoms with Gasteiger partial charge in [-0.2, -0.15) is 0 Å². The average Bonchev–Trinajstić information content (AvgIpc) is 2.73. The highest BCUT2D eigenvalue weighted by molar-refractivity contribution is 7.92. The molecule has 1 saturated heterocycles. The molecule has 7 nitrogen and oxygen atoms in total. The quantitative estimate of drug-likeness (QED) is 0.685. The summed E-state index contributed by atoms with van der Waals surface area (Å²) in [5.41, 5.74) is 1.55. The van der Waals surface area contributed by atoms with Crippen LogP contribution in [0.4, 0.5) is 10.1 Å². The Balaban J connectivity index is 1.62. The highest BCUT2D eigenvalue weighted by Crippen LogP contribution is 2.21. The van der Waals surface area contributed by atoms with Crippen LogP contribution in [0.25, 0.3) is 0 Å². The fraction of sp³-hybridized carbons (Fsp3) is 0.381. The number of carbonyl (C=O) groups excluding carboxylic acids is 1. The SMILES string of the molecule is CS(=O)(=O)N(Cc1ccc(F)cc1)c1ccc(C(=O)NCCN2CCOCC2)cc1. The number of hydrogen-bond acceptors (Lipinski definition) is 5. The van der Waals surface area contributed by atoms with Gasteiger partial charge in [0.25, 0.3) is 5.91 Å². The van der Waals surface area contributed by atoms with Crippen molar-refractivity contribution in [2.24, 2.45) is 0 Å². The predicted octanol–water partition coefficient (Wildman–Crippen LogP) is 1.85. The maximum Gasteiger partial charge on any atom is 0.251 e. The van der Waals surface area contributed by atoms with Gasteiger partial charge in [0.1, 0.15) is 5.82 Å². The van der Waals surface area contributed by atoms with Crippen molar-refractivity contribution in [3.63, 3.8) is 0 Å². The molecule has 1 amide bonds. The van der Waals surface area contributed by atoms with Crippen molar-refractivity contribution in [3.8, 4) is 0 Å². The lowest BCUT2D eigenvalue weighted by atomic mass is 10.1. The first-order valence-electron chi connectivity index (χ1n) is 9.73. The molecule has 1 fully saturated rings. The average molecular weight is 436 g/mol. The van der Waals surface area contributed by atoms with Gasteiger partial charge in [-0.3, -0.25) is 14.0 Å². The third-order valence-electron chi connectivity index (χ3n) is 4.87. The van der Waals surface area contributed by atoms with Gasteiger partial charge in [-0.05, 0) is 42.0 Å². The molecule has 0 spiro atoms. The Morgan fingerprint density at radius 3 is 2.33 bits per heavy atom. The van der Waals surface area contributed by atoms with E-state index in [0.29, 0.717) is 36.6 Å². The molecule has 0 atom stereocenters. The highest BCUT2D eigenvalue weighted by atomic mass is 32.2. The van der Waals surface area contributed by atoms with Gasteiger partial charge < -0.3 is 10.1 Å². The van der Waals surface area contributed by atoms with Crippen LogP contribution in [0.5, 0.6) is 0 Å². The summed E-state index contributed by atoms with van der Waals surface area (Å²) in [7, 11) is -3.56. The van der Waals surface area contributed by atoms with Gasteiger partial charge in [0.15, 0.2) is 0 Å². The molecule has 1 aliphatic rings. The number of hydrogen-bond donors (Lipinski definition) is 1. The number of sulfonamides is 1. The number of ether oxygens (including phenoxy) is 1. The van der Waals surface area contributed by atoms with Gasteiger partial charge in [-0.25, -0.2) is 12.8 Å². The molecule has 2 aromatic rings. The molecule has 162 valence electrons. The van der Waals surface area contributed by atoms with Crippen LogP contribution in [-0.2, 0) is 21.3 Å². The molecule has 9 heteroatoms. The maximum atomic E-state index is 13.1. The summed E-state index contributed by atoms with van der Waals surface area (Å²) in [6.07, 6.45) is 1.11. The topological polar surface area (TPSA) is 79.0 Å². The van der Waals surface area contributed by atoms with Gasteiger partial charge in [-0.15, -0.1) is 0 Å². The number of halogens is 1. The van der Waals surface area contributed by atoms with Gasteiger partial charge >= 0.3 is 0 Å². The molecule has 30 heavy (non-hydrogen) atoms. The Bertz CT molecular complexity index is 943. The van der Waals surface area contributed by atoms with E-state index in [1.165, 1.54) is 16.4 Å². The lowest BCUT2D eigenvalue weighted by Gasteiger charge is -2.26. The van der Waals surface area contributed by atoms with E-state index in [0.717, 1.165) is 25.9 Å². The molecule has 0 aromatic heterocycles. The lowest BCUT2D eigenvalue weighted by molar-refractivity contribution is 0.0383. The second-order valence-electron chi connectivity index (χ2n) is 7.15. The van der Waals surface area contributed by atoms with Crippen molar-refractivity contribution >= 4 is 21.6 Å². The van der Waals surface area contributed by atoms with Crippen molar-refractivity contribution in [2.75, 3.05) is 50.0 Å². The predicted molar refractivity (Wildman–Crippen MR) is 113 cm³/mol. The molecule has 2 aromatic carbocycles. The molecule has 1 aliphatic heterocycles. The molecule has 3 rings (SSSR count). The van der Waals surface area contributed by atoms with Crippen molar-refractivity contribution in [1.29, 1.82) is 0 Å². The summed E-state index contributed by atoms with van der Waals surface area (Å²) in [6.45, 7) is 4.51. The van der Waals surface area contributed by atoms with Crippen molar-refractivity contribution in [2.45, 2.75) is 6.54 Å². The summed E-state index contributed by atoms with van der Waals surface area (Å²) >= 11 is 0. The van der Waals surface area contributed by atoms with Gasteiger partial charge in [-0.1, -0.05) is 12.1 Å². The van der Waals surface area contributed by atoms with E-state index < -0.39 is 10.0 Å². The molecule has 1 heterocycles. The number of benzene rings is 2. The maximum absolute atomic E-state index is 13.1. The standard InChI is InChI=1S/C21H26FN3O4S/c1-30(27,28)25(16-17-2-6-19(22)7-3-17)20-8-4-18(5-9-20)21(26)23-10-11-24-12-14-29-15-13-24/h2-9H,10-16H2,1H3,(H,23,26). The number of rotatable bonds is 8. The fourth-order valence-electron chi connectivity index (χ4n) is 3.19. The van der Waals surface area contributed by atoms with Crippen LogP contribution in [0.2, 0.25) is 0 Å². The zero-order valence-corrected chi connectivity index (χ0v) is 17.7. The monoisotopic (exact) mass is 435 g/mol. The summed E-state index contributed by atoms with van der Waals surface area (Å²) in [4.78, 5) is 14.6. The number of carbonyl (C=O) groups is 1. The first-order chi connectivity index (χ1) is 14.3. The summed E-state index contributed by atoms with van der Waals surface area (Å²) in [5, 5.41) is 2.88. The minimum Gasteiger partial charge on any atom is -0.379 e. The van der Waals surface area contributed by atoms with Crippen LogP contribution in [0.1, 0.15) is 15.9 Å².